The predicted octanol–water partition coefficient (Wildman–Crippen LogP) is 3.52. The Morgan fingerprint density at radius 3 is 2.61 bits per heavy atom. The first-order valence-electron chi connectivity index (χ1n) is 7.73. The highest BCUT2D eigenvalue weighted by atomic mass is 32.2. The van der Waals surface area contributed by atoms with E-state index in [1.807, 2.05) is 12.3 Å². The molecule has 2 aromatic rings. The summed E-state index contributed by atoms with van der Waals surface area (Å²) in [6.07, 6.45) is 3.56. The minimum Gasteiger partial charge on any atom is -0.351 e. The summed E-state index contributed by atoms with van der Waals surface area (Å²) in [5.41, 5.74) is 10.3. The molecule has 0 atom stereocenters. The number of carbonyl (C=O) groups excluding carboxylic acids is 1. The number of pyridine rings is 1. The molecule has 3 heterocycles. The Kier molecular flexibility index (Phi) is 3.58. The van der Waals surface area contributed by atoms with Gasteiger partial charge in [-0.1, -0.05) is 35.5 Å². The topological polar surface area (TPSA) is 59.2 Å². The molecule has 4 nitrogen and oxygen atoms in total. The Bertz CT molecular complexity index is 758. The average molecular weight is 323 g/mol. The van der Waals surface area contributed by atoms with Gasteiger partial charge in [-0.3, -0.25) is 4.98 Å². The number of piperidine rings is 1. The van der Waals surface area contributed by atoms with Crippen LogP contribution in [-0.2, 0) is 0 Å². The van der Waals surface area contributed by atoms with Crippen molar-refractivity contribution in [3.05, 3.63) is 59.4 Å². The minimum absolute atomic E-state index is 0.327. The standard InChI is InChI=1S/C18H17N3OS/c19-18(22)21-10-7-12(8-11-21)16-13-4-1-2-5-14(13)23-15-6-3-9-20-17(15)16/h1-6,9H,7-8,10-11H2,(H2,19,22). The number of urea groups is 1. The average Bonchev–Trinajstić information content (AvgIpc) is 2.59. The third-order valence-electron chi connectivity index (χ3n) is 4.42. The molecule has 23 heavy (non-hydrogen) atoms. The second-order valence-corrected chi connectivity index (χ2v) is 6.84. The number of primary amides is 1. The van der Waals surface area contributed by atoms with Crippen LogP contribution in [0, 0.1) is 0 Å². The van der Waals surface area contributed by atoms with Crippen LogP contribution in [0.4, 0.5) is 4.79 Å². The van der Waals surface area contributed by atoms with Crippen LogP contribution in [0.3, 0.4) is 0 Å². The number of aromatic nitrogens is 1. The molecule has 4 rings (SSSR count). The molecule has 0 radical (unpaired) electrons. The van der Waals surface area contributed by atoms with Crippen molar-refractivity contribution in [3.63, 3.8) is 0 Å². The zero-order valence-electron chi connectivity index (χ0n) is 12.7. The largest absolute Gasteiger partial charge is 0.351 e. The molecule has 1 aromatic carbocycles. The number of fused-ring (bicyclic) bond motifs is 2. The van der Waals surface area contributed by atoms with Crippen LogP contribution >= 0.6 is 11.8 Å². The lowest BCUT2D eigenvalue weighted by molar-refractivity contribution is 0.203. The Morgan fingerprint density at radius 2 is 1.83 bits per heavy atom. The van der Waals surface area contributed by atoms with Gasteiger partial charge in [0.25, 0.3) is 0 Å². The van der Waals surface area contributed by atoms with Crippen LogP contribution in [0.1, 0.15) is 24.1 Å². The van der Waals surface area contributed by atoms with Gasteiger partial charge in [-0.15, -0.1) is 0 Å². The predicted molar refractivity (Wildman–Crippen MR) is 91.2 cm³/mol. The fraction of sp³-hybridized carbons (Fsp3) is 0.222. The fourth-order valence-corrected chi connectivity index (χ4v) is 4.34. The Morgan fingerprint density at radius 1 is 1.09 bits per heavy atom. The highest BCUT2D eigenvalue weighted by Crippen LogP contribution is 2.46. The summed E-state index contributed by atoms with van der Waals surface area (Å²) in [7, 11) is 0. The van der Waals surface area contributed by atoms with E-state index in [1.165, 1.54) is 26.5 Å². The molecule has 0 aliphatic carbocycles. The summed E-state index contributed by atoms with van der Waals surface area (Å²) in [6, 6.07) is 12.3. The van der Waals surface area contributed by atoms with Crippen molar-refractivity contribution in [2.75, 3.05) is 13.1 Å². The number of hydrogen-bond donors (Lipinski definition) is 1. The van der Waals surface area contributed by atoms with Crippen LogP contribution in [-0.4, -0.2) is 29.0 Å². The van der Waals surface area contributed by atoms with E-state index in [1.54, 1.807) is 16.7 Å². The van der Waals surface area contributed by atoms with Gasteiger partial charge in [0.05, 0.1) is 5.69 Å². The van der Waals surface area contributed by atoms with Crippen molar-refractivity contribution in [2.24, 2.45) is 5.73 Å². The molecule has 0 saturated carbocycles. The van der Waals surface area contributed by atoms with Gasteiger partial charge < -0.3 is 10.6 Å². The SMILES string of the molecule is NC(=O)N1CCC(=C2c3ccccc3Sc3cccnc32)CC1. The van der Waals surface area contributed by atoms with Gasteiger partial charge in [-0.2, -0.15) is 0 Å². The molecule has 0 unspecified atom stereocenters. The molecule has 1 fully saturated rings. The van der Waals surface area contributed by atoms with Gasteiger partial charge in [0.15, 0.2) is 0 Å². The van der Waals surface area contributed by atoms with E-state index in [2.05, 4.69) is 35.3 Å². The van der Waals surface area contributed by atoms with Crippen molar-refractivity contribution < 1.29 is 4.79 Å². The lowest BCUT2D eigenvalue weighted by Crippen LogP contribution is -2.40. The number of carbonyl (C=O) groups is 1. The smallest absolute Gasteiger partial charge is 0.314 e. The maximum absolute atomic E-state index is 11.4. The molecule has 0 spiro atoms. The lowest BCUT2D eigenvalue weighted by atomic mass is 9.90. The van der Waals surface area contributed by atoms with Crippen molar-refractivity contribution >= 4 is 23.4 Å². The van der Waals surface area contributed by atoms with Gasteiger partial charge >= 0.3 is 6.03 Å². The molecule has 1 saturated heterocycles. The Balaban J connectivity index is 1.82. The van der Waals surface area contributed by atoms with E-state index in [4.69, 9.17) is 5.73 Å². The number of likely N-dealkylation sites (tertiary alicyclic amines) is 1. The maximum Gasteiger partial charge on any atom is 0.314 e. The van der Waals surface area contributed by atoms with Gasteiger partial charge in [0.1, 0.15) is 0 Å². The molecule has 2 aliphatic rings. The highest BCUT2D eigenvalue weighted by molar-refractivity contribution is 7.99. The number of nitrogens with zero attached hydrogens (tertiary/aromatic N) is 2. The number of benzene rings is 1. The van der Waals surface area contributed by atoms with E-state index in [0.29, 0.717) is 13.1 Å². The quantitative estimate of drug-likeness (QED) is 0.688. The van der Waals surface area contributed by atoms with E-state index >= 15 is 0 Å². The van der Waals surface area contributed by atoms with Crippen LogP contribution in [0.15, 0.2) is 58.0 Å². The normalized spacial score (nSPS) is 16.8. The summed E-state index contributed by atoms with van der Waals surface area (Å²) >= 11 is 1.77. The summed E-state index contributed by atoms with van der Waals surface area (Å²) in [5.74, 6) is 0. The molecule has 2 N–H and O–H groups in total. The molecule has 1 aromatic heterocycles. The van der Waals surface area contributed by atoms with E-state index in [0.717, 1.165) is 18.5 Å². The Labute approximate surface area is 139 Å². The van der Waals surface area contributed by atoms with Crippen LogP contribution in [0.2, 0.25) is 0 Å². The maximum atomic E-state index is 11.4. The number of amides is 2. The fourth-order valence-electron chi connectivity index (χ4n) is 3.27. The second-order valence-electron chi connectivity index (χ2n) is 5.75. The first-order valence-corrected chi connectivity index (χ1v) is 8.55. The third kappa shape index (κ3) is 2.51. The van der Waals surface area contributed by atoms with E-state index in [9.17, 15) is 4.79 Å². The molecular formula is C18H17N3OS. The van der Waals surface area contributed by atoms with Gasteiger partial charge in [0.2, 0.25) is 0 Å². The molecule has 2 aliphatic heterocycles. The molecular weight excluding hydrogens is 306 g/mol. The first kappa shape index (κ1) is 14.3. The molecule has 116 valence electrons. The van der Waals surface area contributed by atoms with Crippen LogP contribution in [0.5, 0.6) is 0 Å². The van der Waals surface area contributed by atoms with Gasteiger partial charge in [0, 0.05) is 34.7 Å². The zero-order chi connectivity index (χ0) is 15.8. The van der Waals surface area contributed by atoms with E-state index < -0.39 is 0 Å². The van der Waals surface area contributed by atoms with Crippen molar-refractivity contribution in [1.82, 2.24) is 9.88 Å². The van der Waals surface area contributed by atoms with Crippen molar-refractivity contribution in [3.8, 4) is 0 Å². The minimum atomic E-state index is -0.327. The van der Waals surface area contributed by atoms with Gasteiger partial charge in [-0.25, -0.2) is 4.79 Å². The molecule has 0 bridgehead atoms. The van der Waals surface area contributed by atoms with Crippen molar-refractivity contribution in [2.45, 2.75) is 22.6 Å². The monoisotopic (exact) mass is 323 g/mol. The summed E-state index contributed by atoms with van der Waals surface area (Å²) in [6.45, 7) is 1.37. The van der Waals surface area contributed by atoms with E-state index in [-0.39, 0.29) is 6.03 Å². The molecule has 2 amide bonds. The summed E-state index contributed by atoms with van der Waals surface area (Å²) in [5, 5.41) is 0. The summed E-state index contributed by atoms with van der Waals surface area (Å²) < 4.78 is 0. The van der Waals surface area contributed by atoms with Crippen LogP contribution in [0.25, 0.3) is 5.57 Å². The zero-order valence-corrected chi connectivity index (χ0v) is 13.5. The van der Waals surface area contributed by atoms with Gasteiger partial charge in [-0.05, 0) is 36.6 Å². The van der Waals surface area contributed by atoms with Crippen LogP contribution < -0.4 is 5.73 Å². The Hall–Kier alpha value is -2.27. The number of hydrogen-bond acceptors (Lipinski definition) is 3. The number of nitrogens with two attached hydrogens (primary N) is 1. The second kappa shape index (κ2) is 5.74. The lowest BCUT2D eigenvalue weighted by Gasteiger charge is -2.30. The number of rotatable bonds is 0. The third-order valence-corrected chi connectivity index (χ3v) is 5.54. The first-order chi connectivity index (χ1) is 11.2. The highest BCUT2D eigenvalue weighted by Gasteiger charge is 2.27. The molecule has 5 heteroatoms. The van der Waals surface area contributed by atoms with Crippen molar-refractivity contribution in [1.29, 1.82) is 0 Å². The summed E-state index contributed by atoms with van der Waals surface area (Å²) in [4.78, 5) is 20.2.